The highest BCUT2D eigenvalue weighted by atomic mass is 35.5. The van der Waals surface area contributed by atoms with E-state index in [4.69, 9.17) is 16.1 Å². The van der Waals surface area contributed by atoms with E-state index < -0.39 is 5.92 Å². The predicted molar refractivity (Wildman–Crippen MR) is 113 cm³/mol. The fraction of sp³-hybridized carbons (Fsp3) is 0.238. The third kappa shape index (κ3) is 5.13. The molecule has 0 fully saturated rings. The van der Waals surface area contributed by atoms with Crippen molar-refractivity contribution in [3.8, 4) is 11.4 Å². The van der Waals surface area contributed by atoms with E-state index in [1.807, 2.05) is 18.2 Å². The minimum absolute atomic E-state index is 0.135. The van der Waals surface area contributed by atoms with Gasteiger partial charge in [0.25, 0.3) is 5.91 Å². The van der Waals surface area contributed by atoms with Crippen molar-refractivity contribution in [1.82, 2.24) is 20.8 Å². The Morgan fingerprint density at radius 1 is 1.13 bits per heavy atom. The van der Waals surface area contributed by atoms with Crippen molar-refractivity contribution < 1.29 is 14.1 Å². The molecule has 0 bridgehead atoms. The summed E-state index contributed by atoms with van der Waals surface area (Å²) in [5, 5.41) is 18.1. The quantitative estimate of drug-likeness (QED) is 0.611. The van der Waals surface area contributed by atoms with Crippen molar-refractivity contribution in [2.75, 3.05) is 13.1 Å². The van der Waals surface area contributed by atoms with Gasteiger partial charge in [0.2, 0.25) is 17.6 Å². The molecular weight excluding hydrogens is 420 g/mol. The number of allylic oxidation sites excluding steroid dienone is 3. The SMILES string of the molecule is O=C(CCc1nc(-c2ccc(Cl)cc2)no1)NCCNC1=C2C=CC=CC2C(=O)N=N1. The van der Waals surface area contributed by atoms with Gasteiger partial charge in [0.15, 0.2) is 5.82 Å². The Labute approximate surface area is 183 Å². The summed E-state index contributed by atoms with van der Waals surface area (Å²) in [5.74, 6) is 0.572. The van der Waals surface area contributed by atoms with E-state index in [0.717, 1.165) is 11.1 Å². The zero-order chi connectivity index (χ0) is 21.6. The first-order valence-corrected chi connectivity index (χ1v) is 10.1. The summed E-state index contributed by atoms with van der Waals surface area (Å²) in [6.45, 7) is 0.840. The first-order valence-electron chi connectivity index (χ1n) is 9.74. The first kappa shape index (κ1) is 20.7. The minimum Gasteiger partial charge on any atom is -0.367 e. The van der Waals surface area contributed by atoms with Gasteiger partial charge in [-0.3, -0.25) is 9.59 Å². The van der Waals surface area contributed by atoms with E-state index in [-0.39, 0.29) is 18.2 Å². The lowest BCUT2D eigenvalue weighted by atomic mass is 9.93. The summed E-state index contributed by atoms with van der Waals surface area (Å²) in [6.07, 6.45) is 7.84. The molecule has 9 nitrogen and oxygen atoms in total. The van der Waals surface area contributed by atoms with E-state index in [2.05, 4.69) is 31.0 Å². The fourth-order valence-corrected chi connectivity index (χ4v) is 3.23. The van der Waals surface area contributed by atoms with Gasteiger partial charge in [-0.15, -0.1) is 10.2 Å². The molecule has 4 rings (SSSR count). The molecule has 0 saturated carbocycles. The number of benzene rings is 1. The third-order valence-electron chi connectivity index (χ3n) is 4.69. The number of hydrogen-bond donors (Lipinski definition) is 2. The van der Waals surface area contributed by atoms with Crippen LogP contribution in [0.2, 0.25) is 5.02 Å². The minimum atomic E-state index is -0.397. The standard InChI is InChI=1S/C21H19ClN6O3/c22-14-7-5-13(6-8-14)19-25-18(31-28-19)10-9-17(29)23-11-12-24-20-15-3-1-2-4-16(15)21(30)27-26-20/h1-8,16,24H,9-12H2,(H,23,29). The van der Waals surface area contributed by atoms with Crippen LogP contribution in [0.1, 0.15) is 12.3 Å². The van der Waals surface area contributed by atoms with Crippen LogP contribution in [0, 0.1) is 5.92 Å². The first-order chi connectivity index (χ1) is 15.1. The Kier molecular flexibility index (Phi) is 6.32. The maximum atomic E-state index is 12.1. The number of rotatable bonds is 8. The molecule has 2 N–H and O–H groups in total. The van der Waals surface area contributed by atoms with Crippen LogP contribution in [-0.2, 0) is 16.0 Å². The molecule has 1 aliphatic carbocycles. The van der Waals surface area contributed by atoms with Gasteiger partial charge >= 0.3 is 0 Å². The van der Waals surface area contributed by atoms with Crippen molar-refractivity contribution in [2.24, 2.45) is 16.1 Å². The number of hydrogen-bond acceptors (Lipinski definition) is 7. The number of halogens is 1. The largest absolute Gasteiger partial charge is 0.367 e. The highest BCUT2D eigenvalue weighted by Gasteiger charge is 2.26. The molecule has 1 aromatic heterocycles. The average molecular weight is 439 g/mol. The molecule has 2 aliphatic rings. The van der Waals surface area contributed by atoms with Gasteiger partial charge < -0.3 is 15.2 Å². The van der Waals surface area contributed by atoms with Crippen LogP contribution in [-0.4, -0.2) is 35.0 Å². The van der Waals surface area contributed by atoms with Crippen molar-refractivity contribution in [2.45, 2.75) is 12.8 Å². The van der Waals surface area contributed by atoms with Crippen LogP contribution in [0.3, 0.4) is 0 Å². The highest BCUT2D eigenvalue weighted by Crippen LogP contribution is 2.27. The molecule has 0 spiro atoms. The molecular formula is C21H19ClN6O3. The maximum Gasteiger partial charge on any atom is 0.276 e. The Bertz CT molecular complexity index is 1100. The molecule has 2 heterocycles. The van der Waals surface area contributed by atoms with Gasteiger partial charge in [0.1, 0.15) is 0 Å². The van der Waals surface area contributed by atoms with Crippen LogP contribution in [0.25, 0.3) is 11.4 Å². The second kappa shape index (κ2) is 9.48. The Morgan fingerprint density at radius 3 is 2.81 bits per heavy atom. The molecule has 1 unspecified atom stereocenters. The maximum absolute atomic E-state index is 12.1. The van der Waals surface area contributed by atoms with Gasteiger partial charge in [0.05, 0.1) is 5.92 Å². The molecule has 2 aromatic rings. The van der Waals surface area contributed by atoms with Gasteiger partial charge in [-0.2, -0.15) is 4.98 Å². The number of amides is 2. The molecule has 0 saturated heterocycles. The van der Waals surface area contributed by atoms with Crippen molar-refractivity contribution in [3.05, 3.63) is 70.9 Å². The number of fused-ring (bicyclic) bond motifs is 1. The average Bonchev–Trinajstić information content (AvgIpc) is 3.26. The topological polar surface area (TPSA) is 122 Å². The van der Waals surface area contributed by atoms with Crippen LogP contribution < -0.4 is 10.6 Å². The summed E-state index contributed by atoms with van der Waals surface area (Å²) in [7, 11) is 0. The van der Waals surface area contributed by atoms with Crippen molar-refractivity contribution in [1.29, 1.82) is 0 Å². The smallest absolute Gasteiger partial charge is 0.276 e. The van der Waals surface area contributed by atoms with Crippen LogP contribution in [0.4, 0.5) is 0 Å². The lowest BCUT2D eigenvalue weighted by Crippen LogP contribution is -2.33. The van der Waals surface area contributed by atoms with Crippen molar-refractivity contribution in [3.63, 3.8) is 0 Å². The van der Waals surface area contributed by atoms with E-state index >= 15 is 0 Å². The Morgan fingerprint density at radius 2 is 1.97 bits per heavy atom. The van der Waals surface area contributed by atoms with Gasteiger partial charge in [-0.05, 0) is 24.3 Å². The fourth-order valence-electron chi connectivity index (χ4n) is 3.10. The summed E-state index contributed by atoms with van der Waals surface area (Å²) in [5.41, 5.74) is 1.57. The number of carbonyl (C=O) groups is 2. The van der Waals surface area contributed by atoms with Gasteiger partial charge in [-0.1, -0.05) is 41.1 Å². The van der Waals surface area contributed by atoms with Gasteiger partial charge in [0, 0.05) is 42.1 Å². The predicted octanol–water partition coefficient (Wildman–Crippen LogP) is 2.97. The van der Waals surface area contributed by atoms with E-state index in [1.165, 1.54) is 0 Å². The highest BCUT2D eigenvalue weighted by molar-refractivity contribution is 6.30. The summed E-state index contributed by atoms with van der Waals surface area (Å²) >= 11 is 5.88. The zero-order valence-corrected chi connectivity index (χ0v) is 17.2. The second-order valence-corrected chi connectivity index (χ2v) is 7.30. The molecule has 1 aromatic carbocycles. The molecule has 158 valence electrons. The Balaban J connectivity index is 1.20. The number of aryl methyl sites for hydroxylation is 1. The summed E-state index contributed by atoms with van der Waals surface area (Å²) in [4.78, 5) is 28.2. The van der Waals surface area contributed by atoms with Gasteiger partial charge in [-0.25, -0.2) is 0 Å². The Hall–Kier alpha value is -3.59. The summed E-state index contributed by atoms with van der Waals surface area (Å²) < 4.78 is 5.21. The third-order valence-corrected chi connectivity index (χ3v) is 4.94. The normalized spacial score (nSPS) is 17.1. The van der Waals surface area contributed by atoms with E-state index in [1.54, 1.807) is 30.3 Å². The number of nitrogens with zero attached hydrogens (tertiary/aromatic N) is 4. The summed E-state index contributed by atoms with van der Waals surface area (Å²) in [6, 6.07) is 7.10. The molecule has 0 radical (unpaired) electrons. The molecule has 1 atom stereocenters. The molecule has 10 heteroatoms. The molecule has 31 heavy (non-hydrogen) atoms. The lowest BCUT2D eigenvalue weighted by molar-refractivity contribution is -0.121. The number of aromatic nitrogens is 2. The molecule has 2 amide bonds. The zero-order valence-electron chi connectivity index (χ0n) is 16.4. The monoisotopic (exact) mass is 438 g/mol. The van der Waals surface area contributed by atoms with Crippen LogP contribution >= 0.6 is 11.6 Å². The lowest BCUT2D eigenvalue weighted by Gasteiger charge is -2.20. The van der Waals surface area contributed by atoms with E-state index in [9.17, 15) is 9.59 Å². The van der Waals surface area contributed by atoms with Crippen LogP contribution in [0.5, 0.6) is 0 Å². The number of carbonyl (C=O) groups excluding carboxylic acids is 2. The van der Waals surface area contributed by atoms with E-state index in [0.29, 0.717) is 42.1 Å². The number of nitrogens with one attached hydrogen (secondary N) is 2. The molecule has 1 aliphatic heterocycles. The second-order valence-electron chi connectivity index (χ2n) is 6.86. The van der Waals surface area contributed by atoms with Crippen LogP contribution in [0.15, 0.2) is 74.7 Å². The van der Waals surface area contributed by atoms with Crippen molar-refractivity contribution >= 4 is 23.4 Å². The number of azo groups is 1.